The van der Waals surface area contributed by atoms with Gasteiger partial charge in [-0.2, -0.15) is 5.26 Å². The predicted molar refractivity (Wildman–Crippen MR) is 65.1 cm³/mol. The summed E-state index contributed by atoms with van der Waals surface area (Å²) < 4.78 is 0. The normalized spacial score (nSPS) is 10.2. The third kappa shape index (κ3) is 2.04. The quantitative estimate of drug-likeness (QED) is 0.778. The molecule has 2 nitrogen and oxygen atoms in total. The van der Waals surface area contributed by atoms with Crippen LogP contribution in [-0.2, 0) is 6.42 Å². The molecular formula is C14H14N2. The summed E-state index contributed by atoms with van der Waals surface area (Å²) in [5, 5.41) is 10.1. The number of rotatable bonds is 3. The molecule has 16 heavy (non-hydrogen) atoms. The molecule has 0 aliphatic heterocycles. The van der Waals surface area contributed by atoms with Gasteiger partial charge in [-0.05, 0) is 25.0 Å². The summed E-state index contributed by atoms with van der Waals surface area (Å²) in [6.07, 6.45) is 3.10. The van der Waals surface area contributed by atoms with Gasteiger partial charge in [0, 0.05) is 5.39 Å². The Morgan fingerprint density at radius 1 is 1.31 bits per heavy atom. The highest BCUT2D eigenvalue weighted by molar-refractivity contribution is 5.80. The van der Waals surface area contributed by atoms with Gasteiger partial charge in [-0.3, -0.25) is 4.98 Å². The molecule has 0 aliphatic rings. The van der Waals surface area contributed by atoms with E-state index in [-0.39, 0.29) is 0 Å². The van der Waals surface area contributed by atoms with Crippen molar-refractivity contribution in [3.8, 4) is 6.07 Å². The third-order valence-corrected chi connectivity index (χ3v) is 2.69. The molecule has 0 unspecified atom stereocenters. The lowest BCUT2D eigenvalue weighted by atomic mass is 10.1. The van der Waals surface area contributed by atoms with Gasteiger partial charge in [0.2, 0.25) is 0 Å². The summed E-state index contributed by atoms with van der Waals surface area (Å²) >= 11 is 0. The van der Waals surface area contributed by atoms with Crippen LogP contribution < -0.4 is 0 Å². The Kier molecular flexibility index (Phi) is 3.16. The summed E-state index contributed by atoms with van der Waals surface area (Å²) in [7, 11) is 0. The van der Waals surface area contributed by atoms with E-state index < -0.39 is 0 Å². The Hall–Kier alpha value is -1.88. The summed E-state index contributed by atoms with van der Waals surface area (Å²) in [4.78, 5) is 4.56. The van der Waals surface area contributed by atoms with Crippen molar-refractivity contribution in [2.24, 2.45) is 0 Å². The number of pyridine rings is 1. The highest BCUT2D eigenvalue weighted by Crippen LogP contribution is 2.17. The van der Waals surface area contributed by atoms with E-state index in [0.717, 1.165) is 35.9 Å². The van der Waals surface area contributed by atoms with Gasteiger partial charge >= 0.3 is 0 Å². The van der Waals surface area contributed by atoms with Crippen LogP contribution in [0.3, 0.4) is 0 Å². The van der Waals surface area contributed by atoms with Crippen LogP contribution in [0.4, 0.5) is 0 Å². The van der Waals surface area contributed by atoms with Crippen molar-refractivity contribution in [1.29, 1.82) is 5.26 Å². The number of nitriles is 1. The Labute approximate surface area is 95.6 Å². The first-order valence-electron chi connectivity index (χ1n) is 5.64. The molecule has 2 aromatic rings. The zero-order valence-electron chi connectivity index (χ0n) is 9.40. The molecule has 0 saturated carbocycles. The molecule has 0 bridgehead atoms. The first kappa shape index (κ1) is 10.6. The number of nitrogens with zero attached hydrogens (tertiary/aromatic N) is 2. The van der Waals surface area contributed by atoms with Crippen molar-refractivity contribution in [1.82, 2.24) is 4.98 Å². The summed E-state index contributed by atoms with van der Waals surface area (Å²) in [5.41, 5.74) is 2.63. The molecule has 0 aliphatic carbocycles. The number of fused-ring (bicyclic) bond motifs is 1. The Morgan fingerprint density at radius 3 is 2.88 bits per heavy atom. The van der Waals surface area contributed by atoms with Crippen LogP contribution >= 0.6 is 0 Å². The Balaban J connectivity index is 2.50. The van der Waals surface area contributed by atoms with Crippen LogP contribution in [0, 0.1) is 11.3 Å². The van der Waals surface area contributed by atoms with Gasteiger partial charge in [0.1, 0.15) is 6.07 Å². The zero-order valence-corrected chi connectivity index (χ0v) is 9.40. The molecule has 0 fully saturated rings. The fourth-order valence-corrected chi connectivity index (χ4v) is 1.79. The van der Waals surface area contributed by atoms with Gasteiger partial charge < -0.3 is 0 Å². The molecule has 0 radical (unpaired) electrons. The van der Waals surface area contributed by atoms with Crippen molar-refractivity contribution in [2.45, 2.75) is 26.2 Å². The van der Waals surface area contributed by atoms with Crippen molar-refractivity contribution in [3.63, 3.8) is 0 Å². The number of benzene rings is 1. The smallest absolute Gasteiger partial charge is 0.101 e. The van der Waals surface area contributed by atoms with Crippen molar-refractivity contribution < 1.29 is 0 Å². The van der Waals surface area contributed by atoms with Crippen molar-refractivity contribution in [2.75, 3.05) is 0 Å². The van der Waals surface area contributed by atoms with Gasteiger partial charge in [-0.15, -0.1) is 0 Å². The number of aryl methyl sites for hydroxylation is 1. The fraction of sp³-hybridized carbons (Fsp3) is 0.286. The van der Waals surface area contributed by atoms with Crippen LogP contribution in [0.1, 0.15) is 31.0 Å². The molecule has 1 aromatic carbocycles. The van der Waals surface area contributed by atoms with Crippen LogP contribution in [0.2, 0.25) is 0 Å². The molecule has 80 valence electrons. The number of hydrogen-bond acceptors (Lipinski definition) is 2. The predicted octanol–water partition coefficient (Wildman–Crippen LogP) is 3.45. The summed E-state index contributed by atoms with van der Waals surface area (Å²) in [6.45, 7) is 2.15. The molecule has 2 rings (SSSR count). The van der Waals surface area contributed by atoms with E-state index in [1.165, 1.54) is 0 Å². The standard InChI is InChI=1S/C14H14N2/c1-2-3-7-14-12(10-15)9-11-6-4-5-8-13(11)16-14/h4-6,8-9H,2-3,7H2,1H3. The average Bonchev–Trinajstić information content (AvgIpc) is 2.35. The van der Waals surface area contributed by atoms with Crippen molar-refractivity contribution >= 4 is 10.9 Å². The maximum Gasteiger partial charge on any atom is 0.101 e. The van der Waals surface area contributed by atoms with Crippen molar-refractivity contribution in [3.05, 3.63) is 41.6 Å². The Morgan fingerprint density at radius 2 is 2.12 bits per heavy atom. The largest absolute Gasteiger partial charge is 0.251 e. The molecule has 2 heteroatoms. The van der Waals surface area contributed by atoms with Crippen LogP contribution in [0.25, 0.3) is 10.9 Å². The molecule has 0 atom stereocenters. The second-order valence-corrected chi connectivity index (χ2v) is 3.89. The van der Waals surface area contributed by atoms with Gasteiger partial charge in [0.15, 0.2) is 0 Å². The summed E-state index contributed by atoms with van der Waals surface area (Å²) in [6, 6.07) is 12.1. The highest BCUT2D eigenvalue weighted by Gasteiger charge is 2.05. The minimum atomic E-state index is 0.715. The zero-order chi connectivity index (χ0) is 11.4. The van der Waals surface area contributed by atoms with E-state index in [4.69, 9.17) is 5.26 Å². The lowest BCUT2D eigenvalue weighted by molar-refractivity contribution is 0.778. The Bertz CT molecular complexity index is 538. The number of hydrogen-bond donors (Lipinski definition) is 0. The van der Waals surface area contributed by atoms with E-state index in [9.17, 15) is 0 Å². The first-order chi connectivity index (χ1) is 7.85. The monoisotopic (exact) mass is 210 g/mol. The van der Waals surface area contributed by atoms with E-state index in [2.05, 4.69) is 18.0 Å². The van der Waals surface area contributed by atoms with Gasteiger partial charge in [0.25, 0.3) is 0 Å². The lowest BCUT2D eigenvalue weighted by Gasteiger charge is -2.04. The molecule has 0 spiro atoms. The fourth-order valence-electron chi connectivity index (χ4n) is 1.79. The highest BCUT2D eigenvalue weighted by atomic mass is 14.7. The number of para-hydroxylation sites is 1. The minimum Gasteiger partial charge on any atom is -0.251 e. The third-order valence-electron chi connectivity index (χ3n) is 2.69. The molecule has 1 aromatic heterocycles. The minimum absolute atomic E-state index is 0.715. The van der Waals surface area contributed by atoms with Crippen LogP contribution in [0.15, 0.2) is 30.3 Å². The second kappa shape index (κ2) is 4.76. The molecule has 0 saturated heterocycles. The lowest BCUT2D eigenvalue weighted by Crippen LogP contribution is -1.95. The molecule has 0 N–H and O–H groups in total. The van der Waals surface area contributed by atoms with E-state index in [1.807, 2.05) is 30.3 Å². The maximum absolute atomic E-state index is 9.09. The number of unbranched alkanes of at least 4 members (excludes halogenated alkanes) is 1. The van der Waals surface area contributed by atoms with Gasteiger partial charge in [-0.25, -0.2) is 0 Å². The maximum atomic E-state index is 9.09. The van der Waals surface area contributed by atoms with E-state index >= 15 is 0 Å². The van der Waals surface area contributed by atoms with Gasteiger partial charge in [0.05, 0.1) is 16.8 Å². The SMILES string of the molecule is CCCCc1nc2ccccc2cc1C#N. The second-order valence-electron chi connectivity index (χ2n) is 3.89. The van der Waals surface area contributed by atoms with Crippen LogP contribution in [0.5, 0.6) is 0 Å². The number of aromatic nitrogens is 1. The summed E-state index contributed by atoms with van der Waals surface area (Å²) in [5.74, 6) is 0. The van der Waals surface area contributed by atoms with E-state index in [1.54, 1.807) is 0 Å². The van der Waals surface area contributed by atoms with Crippen LogP contribution in [-0.4, -0.2) is 4.98 Å². The first-order valence-corrected chi connectivity index (χ1v) is 5.64. The molecular weight excluding hydrogens is 196 g/mol. The topological polar surface area (TPSA) is 36.7 Å². The van der Waals surface area contributed by atoms with Gasteiger partial charge in [-0.1, -0.05) is 31.5 Å². The molecule has 1 heterocycles. The molecule has 0 amide bonds. The average molecular weight is 210 g/mol. The van der Waals surface area contributed by atoms with E-state index in [0.29, 0.717) is 5.56 Å².